The molecule has 0 spiro atoms. The summed E-state index contributed by atoms with van der Waals surface area (Å²) >= 11 is 0. The van der Waals surface area contributed by atoms with Gasteiger partial charge in [0.1, 0.15) is 18.0 Å². The van der Waals surface area contributed by atoms with Gasteiger partial charge in [0.15, 0.2) is 23.0 Å². The number of nitrogens with one attached hydrogen (secondary N) is 1. The van der Waals surface area contributed by atoms with Crippen LogP contribution >= 0.6 is 0 Å². The number of carbonyl (C=O) groups excluding carboxylic acids is 2. The molecule has 9 atom stereocenters. The van der Waals surface area contributed by atoms with Crippen LogP contribution in [0.4, 0.5) is 0 Å². The number of methoxy groups -OCH3 is 2. The fourth-order valence-corrected chi connectivity index (χ4v) is 15.3. The molecule has 5 aliphatic carbocycles. The number of aromatic hydroxyl groups is 3. The topological polar surface area (TPSA) is 173 Å². The largest absolute Gasteiger partial charge is 0.508 e. The third-order valence-electron chi connectivity index (χ3n) is 18.7. The van der Waals surface area contributed by atoms with E-state index in [0.29, 0.717) is 69.8 Å². The number of rotatable bonds is 16. The molecule has 79 heavy (non-hydrogen) atoms. The van der Waals surface area contributed by atoms with Gasteiger partial charge in [0.25, 0.3) is 0 Å². The molecule has 0 aromatic heterocycles. The lowest BCUT2D eigenvalue weighted by atomic mass is 9.40. The smallest absolute Gasteiger partial charge is 0.316 e. The number of aliphatic hydroxyl groups is 1. The summed E-state index contributed by atoms with van der Waals surface area (Å²) in [7, 11) is 3.08. The van der Waals surface area contributed by atoms with Crippen molar-refractivity contribution in [3.63, 3.8) is 0 Å². The standard InChI is InChI=1S/C67H75NO11/c1-5-77-25-13-24-68-39-42-16-12-17-43(26-42)51-33-48(70)27-44-18-19-47(32-50(44)51)66(21-10-7-11-22-66)65(74)79-49-34-54-52-37-63(76-4)59(72)30-45(52)28-55-58(71)38-56-53-36-60(73)62(75-3)31-46(53)29-57(61(35-49)78-40(2)69)67(56,64(54)55)23-20-41-14-8-6-9-15-41/h6,8-9,12,14-20,23,26-27,30-33,36-37,49,54-58,61,64,68,70-73H,5,7,10-11,13,21-22,24-25,28-29,34-35,38-39H2,1-4H3/b23-20+/t49-,54+,55+,56-,57+,58-,61+,64-,67+/m0/s1. The van der Waals surface area contributed by atoms with E-state index in [2.05, 4.69) is 53.9 Å². The molecule has 3 fully saturated rings. The highest BCUT2D eigenvalue weighted by molar-refractivity contribution is 5.99. The van der Waals surface area contributed by atoms with Crippen LogP contribution in [0.15, 0.2) is 115 Å². The SMILES string of the molecule is CCOCCCNCc1cccc(-c2cc(O)cc3ccc(C4(C(=O)O[C@H]5C[C@@H]6c7cc(OC)c(O)cc7C[C@H]7[C@H]6[C@@]6(/C=C/c8ccccc8)[C@H](Cc8cc(OC)c(O)cc8[C@@H]6C[C@@H]7O)[C@H](OC(C)=O)C5)CCCCC4)cc23)c1. The Hall–Kier alpha value is -6.86. The van der Waals surface area contributed by atoms with Crippen molar-refractivity contribution in [2.24, 2.45) is 23.2 Å². The number of phenols is 3. The zero-order valence-corrected chi connectivity index (χ0v) is 45.9. The molecular formula is C67H75NO11. The Labute approximate surface area is 463 Å². The monoisotopic (exact) mass is 1070 g/mol. The highest BCUT2D eigenvalue weighted by Crippen LogP contribution is 2.70. The average Bonchev–Trinajstić information content (AvgIpc) is 2.51. The van der Waals surface area contributed by atoms with Crippen LogP contribution < -0.4 is 14.8 Å². The van der Waals surface area contributed by atoms with Gasteiger partial charge in [-0.3, -0.25) is 9.59 Å². The van der Waals surface area contributed by atoms with Gasteiger partial charge in [-0.1, -0.05) is 92.1 Å². The first-order valence-corrected chi connectivity index (χ1v) is 28.6. The van der Waals surface area contributed by atoms with E-state index >= 15 is 4.79 Å². The Kier molecular flexibility index (Phi) is 15.6. The first kappa shape index (κ1) is 54.1. The normalized spacial score (nSPS) is 25.7. The fourth-order valence-electron chi connectivity index (χ4n) is 15.3. The number of benzene rings is 6. The minimum Gasteiger partial charge on any atom is -0.508 e. The molecule has 0 heterocycles. The fraction of sp³-hybridized carbons (Fsp3) is 0.433. The van der Waals surface area contributed by atoms with E-state index < -0.39 is 35.1 Å². The number of hydrogen-bond donors (Lipinski definition) is 5. The molecule has 0 radical (unpaired) electrons. The summed E-state index contributed by atoms with van der Waals surface area (Å²) in [6.07, 6.45) is 8.78. The molecule has 11 rings (SSSR count). The number of ether oxygens (including phenoxy) is 5. The Balaban J connectivity index is 1.03. The van der Waals surface area contributed by atoms with Crippen molar-refractivity contribution < 1.29 is 53.7 Å². The molecule has 0 bridgehead atoms. The predicted octanol–water partition coefficient (Wildman–Crippen LogP) is 12.0. The Morgan fingerprint density at radius 1 is 0.772 bits per heavy atom. The maximum atomic E-state index is 16.0. The molecule has 12 nitrogen and oxygen atoms in total. The second kappa shape index (κ2) is 22.7. The second-order valence-corrected chi connectivity index (χ2v) is 23.0. The molecule has 6 aromatic rings. The van der Waals surface area contributed by atoms with Crippen molar-refractivity contribution in [3.05, 3.63) is 154 Å². The first-order valence-electron chi connectivity index (χ1n) is 28.6. The molecule has 5 aliphatic rings. The van der Waals surface area contributed by atoms with Crippen LogP contribution in [0.3, 0.4) is 0 Å². The summed E-state index contributed by atoms with van der Waals surface area (Å²) in [6, 6.07) is 35.7. The second-order valence-electron chi connectivity index (χ2n) is 23.0. The maximum absolute atomic E-state index is 16.0. The van der Waals surface area contributed by atoms with Gasteiger partial charge >= 0.3 is 11.9 Å². The Morgan fingerprint density at radius 2 is 1.54 bits per heavy atom. The lowest BCUT2D eigenvalue weighted by Gasteiger charge is -2.64. The number of esters is 2. The van der Waals surface area contributed by atoms with E-state index in [1.165, 1.54) is 14.0 Å². The van der Waals surface area contributed by atoms with Gasteiger partial charge in [-0.15, -0.1) is 0 Å². The van der Waals surface area contributed by atoms with Crippen LogP contribution in [-0.4, -0.2) is 84.7 Å². The summed E-state index contributed by atoms with van der Waals surface area (Å²) in [5.41, 5.74) is 6.73. The third kappa shape index (κ3) is 10.3. The quantitative estimate of drug-likeness (QED) is 0.0459. The molecule has 12 heteroatoms. The lowest BCUT2D eigenvalue weighted by Crippen LogP contribution is -2.62. The first-order chi connectivity index (χ1) is 38.3. The number of hydrogen-bond acceptors (Lipinski definition) is 12. The third-order valence-corrected chi connectivity index (χ3v) is 18.7. The molecule has 0 saturated heterocycles. The summed E-state index contributed by atoms with van der Waals surface area (Å²) < 4.78 is 30.9. The average molecular weight is 1070 g/mol. The van der Waals surface area contributed by atoms with Gasteiger partial charge in [-0.25, -0.2) is 0 Å². The molecule has 0 amide bonds. The van der Waals surface area contributed by atoms with Crippen molar-refractivity contribution in [2.75, 3.05) is 34.0 Å². The van der Waals surface area contributed by atoms with Crippen LogP contribution in [0.5, 0.6) is 28.7 Å². The summed E-state index contributed by atoms with van der Waals surface area (Å²) in [6.45, 7) is 6.36. The molecule has 3 saturated carbocycles. The lowest BCUT2D eigenvalue weighted by molar-refractivity contribution is -0.178. The van der Waals surface area contributed by atoms with Crippen LogP contribution in [0.25, 0.3) is 28.0 Å². The number of carbonyl (C=O) groups is 2. The summed E-state index contributed by atoms with van der Waals surface area (Å²) in [5.74, 6) is -1.61. The molecule has 414 valence electrons. The van der Waals surface area contributed by atoms with Crippen molar-refractivity contribution in [3.8, 4) is 39.9 Å². The zero-order chi connectivity index (χ0) is 55.0. The van der Waals surface area contributed by atoms with Crippen molar-refractivity contribution in [2.45, 2.75) is 127 Å². The van der Waals surface area contributed by atoms with Gasteiger partial charge in [0, 0.05) is 44.4 Å². The van der Waals surface area contributed by atoms with Crippen LogP contribution in [-0.2, 0) is 48.6 Å². The molecular weight excluding hydrogens is 995 g/mol. The van der Waals surface area contributed by atoms with E-state index in [0.717, 1.165) is 93.1 Å². The van der Waals surface area contributed by atoms with E-state index in [9.17, 15) is 25.2 Å². The zero-order valence-electron chi connectivity index (χ0n) is 45.9. The summed E-state index contributed by atoms with van der Waals surface area (Å²) in [4.78, 5) is 29.7. The van der Waals surface area contributed by atoms with E-state index in [4.69, 9.17) is 23.7 Å². The Morgan fingerprint density at radius 3 is 2.32 bits per heavy atom. The van der Waals surface area contributed by atoms with E-state index in [1.54, 1.807) is 19.2 Å². The summed E-state index contributed by atoms with van der Waals surface area (Å²) in [5, 5.41) is 52.1. The minimum atomic E-state index is -1.01. The van der Waals surface area contributed by atoms with Gasteiger partial charge in [0.05, 0.1) is 25.7 Å². The molecule has 0 unspecified atom stereocenters. The van der Waals surface area contributed by atoms with Crippen LogP contribution in [0.1, 0.15) is 122 Å². The van der Waals surface area contributed by atoms with Gasteiger partial charge in [-0.05, 0) is 191 Å². The molecule has 0 aliphatic heterocycles. The van der Waals surface area contributed by atoms with E-state index in [-0.39, 0.29) is 59.2 Å². The van der Waals surface area contributed by atoms with Gasteiger partial charge in [-0.2, -0.15) is 0 Å². The van der Waals surface area contributed by atoms with Gasteiger partial charge < -0.3 is 49.4 Å². The number of aliphatic hydroxyl groups excluding tert-OH is 1. The highest BCUT2D eigenvalue weighted by atomic mass is 16.6. The Bertz CT molecular complexity index is 3240. The number of phenolic OH excluding ortho intramolecular Hbond substituents is 3. The highest BCUT2D eigenvalue weighted by Gasteiger charge is 2.65. The van der Waals surface area contributed by atoms with Gasteiger partial charge in [0.2, 0.25) is 0 Å². The number of allylic oxidation sites excluding steroid dienone is 1. The minimum absolute atomic E-state index is 0.0122. The molecule has 6 aromatic carbocycles. The van der Waals surface area contributed by atoms with Crippen molar-refractivity contribution >= 4 is 28.8 Å². The number of fused-ring (bicyclic) bond motifs is 5. The van der Waals surface area contributed by atoms with Crippen molar-refractivity contribution in [1.29, 1.82) is 0 Å². The van der Waals surface area contributed by atoms with Crippen LogP contribution in [0.2, 0.25) is 0 Å². The molecule has 5 N–H and O–H groups in total. The maximum Gasteiger partial charge on any atom is 0.316 e. The predicted molar refractivity (Wildman–Crippen MR) is 305 cm³/mol. The van der Waals surface area contributed by atoms with Crippen molar-refractivity contribution in [1.82, 2.24) is 5.32 Å². The van der Waals surface area contributed by atoms with Crippen LogP contribution in [0, 0.1) is 23.2 Å². The van der Waals surface area contributed by atoms with E-state index in [1.807, 2.05) is 67.6 Å².